The van der Waals surface area contributed by atoms with Gasteiger partial charge in [-0.2, -0.15) is 0 Å². The molecule has 53 heavy (non-hydrogen) atoms. The first-order valence-electron chi connectivity index (χ1n) is 19.0. The molecule has 0 bridgehead atoms. The molecule has 2 aliphatic carbocycles. The van der Waals surface area contributed by atoms with Gasteiger partial charge in [-0.3, -0.25) is 9.56 Å². The molecule has 6 heteroatoms. The van der Waals surface area contributed by atoms with Gasteiger partial charge in [0.15, 0.2) is 0 Å². The molecular weight excluding hydrogens is 745 g/mol. The number of aliphatic hydroxyl groups is 1. The van der Waals surface area contributed by atoms with Gasteiger partial charge in [0.2, 0.25) is 0 Å². The first-order valence-corrected chi connectivity index (χ1v) is 19.0. The molecule has 4 aromatic carbocycles. The summed E-state index contributed by atoms with van der Waals surface area (Å²) < 4.78 is 8.74. The van der Waals surface area contributed by atoms with Crippen LogP contribution in [0.5, 0.6) is 0 Å². The van der Waals surface area contributed by atoms with Crippen LogP contribution in [0, 0.1) is 28.7 Å². The Morgan fingerprint density at radius 1 is 0.792 bits per heavy atom. The number of fused-ring (bicyclic) bond motifs is 4. The Hall–Kier alpha value is -3.82. The Morgan fingerprint density at radius 3 is 2.19 bits per heavy atom. The van der Waals surface area contributed by atoms with Crippen molar-refractivity contribution < 1.29 is 30.3 Å². The Balaban J connectivity index is 0.00000435. The molecule has 1 aliphatic heterocycles. The van der Waals surface area contributed by atoms with Crippen molar-refractivity contribution in [1.29, 1.82) is 0 Å². The summed E-state index contributed by atoms with van der Waals surface area (Å²) in [5.41, 5.74) is 10.4. The number of aliphatic hydroxyl groups excluding tert-OH is 1. The van der Waals surface area contributed by atoms with Crippen LogP contribution < -0.4 is 0 Å². The van der Waals surface area contributed by atoms with Crippen LogP contribution in [0.2, 0.25) is 0 Å². The number of imidazole rings is 1. The third-order valence-electron chi connectivity index (χ3n) is 11.7. The van der Waals surface area contributed by atoms with Crippen molar-refractivity contribution in [3.05, 3.63) is 125 Å². The molecule has 0 amide bonds. The number of para-hydroxylation sites is 1. The van der Waals surface area contributed by atoms with Crippen molar-refractivity contribution in [1.82, 2.24) is 9.55 Å². The van der Waals surface area contributed by atoms with Crippen LogP contribution in [0.15, 0.2) is 96.0 Å². The van der Waals surface area contributed by atoms with Crippen molar-refractivity contribution in [2.45, 2.75) is 98.8 Å². The van der Waals surface area contributed by atoms with Gasteiger partial charge < -0.3 is 9.84 Å². The summed E-state index contributed by atoms with van der Waals surface area (Å²) in [6.45, 7) is 20.4. The Kier molecular flexibility index (Phi) is 9.54. The van der Waals surface area contributed by atoms with E-state index in [9.17, 15) is 5.11 Å². The Morgan fingerprint density at radius 2 is 1.49 bits per heavy atom. The number of aromatic nitrogens is 2. The van der Waals surface area contributed by atoms with Crippen LogP contribution in [0.4, 0.5) is 0 Å². The minimum absolute atomic E-state index is 0. The van der Waals surface area contributed by atoms with Crippen LogP contribution in [0.25, 0.3) is 33.4 Å². The summed E-state index contributed by atoms with van der Waals surface area (Å²) in [5.74, 6) is 1.82. The van der Waals surface area contributed by atoms with Crippen molar-refractivity contribution >= 4 is 22.5 Å². The van der Waals surface area contributed by atoms with Crippen LogP contribution in [-0.2, 0) is 37.0 Å². The number of hydrogen-bond donors (Lipinski definition) is 1. The molecule has 5 atom stereocenters. The van der Waals surface area contributed by atoms with Crippen LogP contribution in [0.3, 0.4) is 0 Å². The topological polar surface area (TPSA) is 59.6 Å². The summed E-state index contributed by atoms with van der Waals surface area (Å²) in [4.78, 5) is 10.6. The maximum Gasteiger partial charge on any atom is 0.148 e. The van der Waals surface area contributed by atoms with E-state index >= 15 is 0 Å². The van der Waals surface area contributed by atoms with E-state index in [1.807, 2.05) is 6.07 Å². The molecule has 2 heterocycles. The maximum absolute atomic E-state index is 12.3. The number of hydrogen-bond acceptors (Lipinski definition) is 4. The zero-order valence-electron chi connectivity index (χ0n) is 32.5. The average Bonchev–Trinajstić information content (AvgIpc) is 3.78. The van der Waals surface area contributed by atoms with Gasteiger partial charge in [0.05, 0.1) is 17.1 Å². The van der Waals surface area contributed by atoms with Crippen molar-refractivity contribution in [3.63, 3.8) is 0 Å². The monoisotopic (exact) mass is 796 g/mol. The van der Waals surface area contributed by atoms with Gasteiger partial charge in [-0.05, 0) is 69.4 Å². The number of allylic oxidation sites excluding steroid dienone is 1. The van der Waals surface area contributed by atoms with E-state index in [0.29, 0.717) is 5.90 Å². The molecule has 278 valence electrons. The van der Waals surface area contributed by atoms with Gasteiger partial charge in [0, 0.05) is 38.1 Å². The Bertz CT molecular complexity index is 2230. The van der Waals surface area contributed by atoms with E-state index in [0.717, 1.165) is 57.7 Å². The van der Waals surface area contributed by atoms with E-state index in [4.69, 9.17) is 14.7 Å². The zero-order chi connectivity index (χ0) is 36.7. The Labute approximate surface area is 329 Å². The van der Waals surface area contributed by atoms with Crippen LogP contribution in [0.1, 0.15) is 103 Å². The number of ether oxygens (including phenoxy) is 1. The summed E-state index contributed by atoms with van der Waals surface area (Å²) in [6, 6.07) is 33.7. The number of benzene rings is 4. The third kappa shape index (κ3) is 6.77. The quantitative estimate of drug-likeness (QED) is 0.146. The van der Waals surface area contributed by atoms with Gasteiger partial charge in [-0.15, -0.1) is 29.8 Å². The molecule has 5 aromatic rings. The molecule has 0 unspecified atom stereocenters. The second-order valence-corrected chi connectivity index (χ2v) is 18.4. The summed E-state index contributed by atoms with van der Waals surface area (Å²) >= 11 is 0. The number of rotatable bonds is 4. The molecule has 0 spiro atoms. The molecule has 5 nitrogen and oxygen atoms in total. The molecule has 1 N–H and O–H groups in total. The summed E-state index contributed by atoms with van der Waals surface area (Å²) in [7, 11) is 0. The van der Waals surface area contributed by atoms with E-state index in [1.165, 1.54) is 16.7 Å². The summed E-state index contributed by atoms with van der Waals surface area (Å²) in [6.07, 6.45) is 3.51. The molecular formula is C47H52N3O2Pd-. The van der Waals surface area contributed by atoms with Gasteiger partial charge >= 0.3 is 0 Å². The van der Waals surface area contributed by atoms with Crippen molar-refractivity contribution in [2.24, 2.45) is 27.7 Å². The zero-order valence-corrected chi connectivity index (χ0v) is 34.0. The largest absolute Gasteiger partial charge is 0.505 e. The van der Waals surface area contributed by atoms with Crippen LogP contribution in [-0.4, -0.2) is 32.8 Å². The van der Waals surface area contributed by atoms with E-state index < -0.39 is 6.10 Å². The van der Waals surface area contributed by atoms with Gasteiger partial charge in [0.1, 0.15) is 23.9 Å². The molecule has 3 aliphatic rings. The molecule has 0 radical (unpaired) electrons. The first-order chi connectivity index (χ1) is 24.6. The number of aliphatic imine (C=N–C) groups is 1. The normalized spacial score (nSPS) is 22.8. The third-order valence-corrected chi connectivity index (χ3v) is 11.7. The van der Waals surface area contributed by atoms with Crippen molar-refractivity contribution in [2.75, 3.05) is 0 Å². The smallest absolute Gasteiger partial charge is 0.148 e. The average molecular weight is 797 g/mol. The predicted octanol–water partition coefficient (Wildman–Crippen LogP) is 10.7. The second kappa shape index (κ2) is 13.5. The molecule has 0 fully saturated rings. The fourth-order valence-corrected chi connectivity index (χ4v) is 8.50. The van der Waals surface area contributed by atoms with Gasteiger partial charge in [-0.25, -0.2) is 4.98 Å². The fraction of sp³-hybridized carbons (Fsp3) is 0.404. The van der Waals surface area contributed by atoms with E-state index in [2.05, 4.69) is 158 Å². The molecule has 0 saturated heterocycles. The minimum atomic E-state index is -0.650. The van der Waals surface area contributed by atoms with Crippen LogP contribution >= 0.6 is 0 Å². The maximum atomic E-state index is 12.3. The minimum Gasteiger partial charge on any atom is -0.505 e. The van der Waals surface area contributed by atoms with E-state index in [1.54, 1.807) is 0 Å². The van der Waals surface area contributed by atoms with Gasteiger partial charge in [-0.1, -0.05) is 128 Å². The first kappa shape index (κ1) is 37.5. The fourth-order valence-electron chi connectivity index (χ4n) is 8.50. The summed E-state index contributed by atoms with van der Waals surface area (Å²) in [5, 5.41) is 12.3. The molecule has 0 saturated carbocycles. The van der Waals surface area contributed by atoms with E-state index in [-0.39, 0.29) is 60.6 Å². The van der Waals surface area contributed by atoms with Gasteiger partial charge in [0.25, 0.3) is 0 Å². The molecule has 1 aromatic heterocycles. The molecule has 8 rings (SSSR count). The predicted molar refractivity (Wildman–Crippen MR) is 213 cm³/mol. The standard InChI is InChI=1S/C47H52N3O2.Pd/c1-45(2,3)31-20-22-33(23-21-31)50-38-19-13-18-34(40(38)48-43(50)36-26-32(46(4,5)6)27-37(42(36)51)47(7,8)9)28-15-12-16-30(24-28)44-49-41-35-17-11-10-14-29(35)25-39(41)52-44;/h10-23,26,32,37,39,41-42,51H,25,27H2,1-9H3;/q-1;/t32-,37-,39+,41-,42+;/m0./s1. The number of nitrogens with zero attached hydrogens (tertiary/aromatic N) is 3. The SMILES string of the molecule is CC(C)(C)c1ccc(-n2c(C3=C[C@H](C(C)(C)C)C[C@H](C(C)(C)C)[C@@H]3O)nc3c(-c4[c-]c(C5=N[C@H]6c7ccccc7C[C@H]6O5)ccc4)cccc32)cc1.[Pd]. The van der Waals surface area contributed by atoms with Crippen molar-refractivity contribution in [3.8, 4) is 16.8 Å². The second-order valence-electron chi connectivity index (χ2n) is 18.4.